The molecule has 1 aromatic carbocycles. The highest BCUT2D eigenvalue weighted by atomic mass is 16.3. The van der Waals surface area contributed by atoms with Gasteiger partial charge in [0.15, 0.2) is 11.5 Å². The Morgan fingerprint density at radius 3 is 2.06 bits per heavy atom. The smallest absolute Gasteiger partial charge is 0.194 e. The molecule has 0 N–H and O–H groups in total. The molecular formula is C16H18O2. The van der Waals surface area contributed by atoms with Gasteiger partial charge in [0.25, 0.3) is 0 Å². The van der Waals surface area contributed by atoms with Gasteiger partial charge in [0.1, 0.15) is 5.76 Å². The minimum absolute atomic E-state index is 0.0486. The van der Waals surface area contributed by atoms with Crippen molar-refractivity contribution < 1.29 is 9.21 Å². The Morgan fingerprint density at radius 1 is 1.00 bits per heavy atom. The zero-order valence-electron chi connectivity index (χ0n) is 11.3. The largest absolute Gasteiger partial charge is 0.453 e. The Kier molecular flexibility index (Phi) is 3.12. The van der Waals surface area contributed by atoms with Crippen molar-refractivity contribution in [3.8, 4) is 11.3 Å². The fourth-order valence-corrected chi connectivity index (χ4v) is 1.82. The number of carbonyl (C=O) groups excluding carboxylic acids is 1. The molecule has 18 heavy (non-hydrogen) atoms. The van der Waals surface area contributed by atoms with E-state index >= 15 is 0 Å². The maximum absolute atomic E-state index is 11.2. The van der Waals surface area contributed by atoms with Gasteiger partial charge < -0.3 is 4.42 Å². The monoisotopic (exact) mass is 242 g/mol. The van der Waals surface area contributed by atoms with Crippen LogP contribution in [-0.4, -0.2) is 5.78 Å². The first-order chi connectivity index (χ1) is 8.38. The maximum atomic E-state index is 11.2. The first-order valence-corrected chi connectivity index (χ1v) is 6.09. The van der Waals surface area contributed by atoms with Crippen molar-refractivity contribution in [2.45, 2.75) is 33.1 Å². The minimum Gasteiger partial charge on any atom is -0.453 e. The lowest BCUT2D eigenvalue weighted by atomic mass is 9.86. The average Bonchev–Trinajstić information content (AvgIpc) is 2.77. The summed E-state index contributed by atoms with van der Waals surface area (Å²) in [6.07, 6.45) is 0. The first kappa shape index (κ1) is 12.6. The lowest BCUT2D eigenvalue weighted by molar-refractivity contribution is 0.0988. The summed E-state index contributed by atoms with van der Waals surface area (Å²) in [5, 5.41) is 0. The van der Waals surface area contributed by atoms with Gasteiger partial charge >= 0.3 is 0 Å². The minimum atomic E-state index is -0.0486. The van der Waals surface area contributed by atoms with Crippen molar-refractivity contribution in [1.82, 2.24) is 0 Å². The lowest BCUT2D eigenvalue weighted by Crippen LogP contribution is -2.10. The second-order valence-corrected chi connectivity index (χ2v) is 5.55. The first-order valence-electron chi connectivity index (χ1n) is 6.09. The van der Waals surface area contributed by atoms with Crippen LogP contribution in [-0.2, 0) is 5.41 Å². The normalized spacial score (nSPS) is 11.6. The van der Waals surface area contributed by atoms with Crippen molar-refractivity contribution >= 4 is 5.78 Å². The summed E-state index contributed by atoms with van der Waals surface area (Å²) in [5.41, 5.74) is 2.42. The summed E-state index contributed by atoms with van der Waals surface area (Å²) in [7, 11) is 0. The van der Waals surface area contributed by atoms with E-state index in [-0.39, 0.29) is 11.2 Å². The van der Waals surface area contributed by atoms with Crippen molar-refractivity contribution in [2.24, 2.45) is 0 Å². The van der Waals surface area contributed by atoms with Gasteiger partial charge in [-0.2, -0.15) is 0 Å². The molecule has 0 amide bonds. The Balaban J connectivity index is 2.31. The number of furan rings is 1. The summed E-state index contributed by atoms with van der Waals surface area (Å²) in [4.78, 5) is 11.2. The topological polar surface area (TPSA) is 30.2 Å². The van der Waals surface area contributed by atoms with Gasteiger partial charge in [-0.3, -0.25) is 4.79 Å². The Morgan fingerprint density at radius 2 is 1.61 bits per heavy atom. The molecule has 2 aromatic rings. The van der Waals surface area contributed by atoms with Crippen LogP contribution in [0.15, 0.2) is 40.8 Å². The van der Waals surface area contributed by atoms with Crippen LogP contribution < -0.4 is 0 Å². The van der Waals surface area contributed by atoms with Crippen molar-refractivity contribution in [2.75, 3.05) is 0 Å². The van der Waals surface area contributed by atoms with E-state index in [4.69, 9.17) is 4.42 Å². The van der Waals surface area contributed by atoms with Gasteiger partial charge in [0, 0.05) is 12.5 Å². The highest BCUT2D eigenvalue weighted by Crippen LogP contribution is 2.27. The lowest BCUT2D eigenvalue weighted by Gasteiger charge is -2.18. The van der Waals surface area contributed by atoms with E-state index in [1.165, 1.54) is 12.5 Å². The quantitative estimate of drug-likeness (QED) is 0.728. The van der Waals surface area contributed by atoms with Gasteiger partial charge in [-0.15, -0.1) is 0 Å². The second kappa shape index (κ2) is 4.45. The summed E-state index contributed by atoms with van der Waals surface area (Å²) >= 11 is 0. The number of rotatable bonds is 2. The average molecular weight is 242 g/mol. The van der Waals surface area contributed by atoms with E-state index in [2.05, 4.69) is 32.9 Å². The van der Waals surface area contributed by atoms with Crippen molar-refractivity contribution in [1.29, 1.82) is 0 Å². The second-order valence-electron chi connectivity index (χ2n) is 5.55. The fraction of sp³-hybridized carbons (Fsp3) is 0.312. The molecule has 0 saturated carbocycles. The van der Waals surface area contributed by atoms with Crippen LogP contribution in [0.2, 0.25) is 0 Å². The molecule has 0 aliphatic rings. The molecule has 1 aromatic heterocycles. The number of hydrogen-bond acceptors (Lipinski definition) is 2. The van der Waals surface area contributed by atoms with Gasteiger partial charge in [-0.25, -0.2) is 0 Å². The molecule has 0 spiro atoms. The zero-order valence-corrected chi connectivity index (χ0v) is 11.3. The number of hydrogen-bond donors (Lipinski definition) is 0. The molecule has 2 rings (SSSR count). The van der Waals surface area contributed by atoms with E-state index in [9.17, 15) is 4.79 Å². The number of carbonyl (C=O) groups is 1. The molecular weight excluding hydrogens is 224 g/mol. The summed E-state index contributed by atoms with van der Waals surface area (Å²) < 4.78 is 5.51. The molecule has 0 radical (unpaired) electrons. The van der Waals surface area contributed by atoms with Gasteiger partial charge in [0.05, 0.1) is 0 Å². The maximum Gasteiger partial charge on any atom is 0.194 e. The molecule has 0 saturated heterocycles. The Hall–Kier alpha value is -1.83. The summed E-state index contributed by atoms with van der Waals surface area (Å²) in [5.74, 6) is 1.10. The molecule has 0 atom stereocenters. The third-order valence-electron chi connectivity index (χ3n) is 2.99. The molecule has 0 unspecified atom stereocenters. The summed E-state index contributed by atoms with van der Waals surface area (Å²) in [6, 6.07) is 11.8. The molecule has 0 aliphatic heterocycles. The van der Waals surface area contributed by atoms with Gasteiger partial charge in [-0.1, -0.05) is 45.0 Å². The number of Topliss-reactive ketones (excluding diaryl/α,β-unsaturated/α-hetero) is 1. The van der Waals surface area contributed by atoms with Crippen molar-refractivity contribution in [3.05, 3.63) is 47.7 Å². The number of ketones is 1. The highest BCUT2D eigenvalue weighted by Gasteiger charge is 2.14. The Labute approximate surface area is 108 Å². The highest BCUT2D eigenvalue weighted by molar-refractivity contribution is 5.91. The SMILES string of the molecule is CC(=O)c1ccc(-c2ccc(C(C)(C)C)cc2)o1. The van der Waals surface area contributed by atoms with Crippen LogP contribution in [0.5, 0.6) is 0 Å². The van der Waals surface area contributed by atoms with Crippen LogP contribution >= 0.6 is 0 Å². The van der Waals surface area contributed by atoms with E-state index in [1.54, 1.807) is 6.07 Å². The van der Waals surface area contributed by atoms with Gasteiger partial charge in [-0.05, 0) is 23.1 Å². The molecule has 94 valence electrons. The molecule has 2 nitrogen and oxygen atoms in total. The van der Waals surface area contributed by atoms with Gasteiger partial charge in [0.2, 0.25) is 0 Å². The zero-order chi connectivity index (χ0) is 13.3. The van der Waals surface area contributed by atoms with E-state index in [0.717, 1.165) is 11.3 Å². The molecule has 0 fully saturated rings. The van der Waals surface area contributed by atoms with Crippen LogP contribution in [0.25, 0.3) is 11.3 Å². The van der Waals surface area contributed by atoms with E-state index in [1.807, 2.05) is 18.2 Å². The Bertz CT molecular complexity index is 554. The molecule has 0 aliphatic carbocycles. The molecule has 2 heteroatoms. The third-order valence-corrected chi connectivity index (χ3v) is 2.99. The van der Waals surface area contributed by atoms with Crippen LogP contribution in [0, 0.1) is 0 Å². The fourth-order valence-electron chi connectivity index (χ4n) is 1.82. The number of benzene rings is 1. The summed E-state index contributed by atoms with van der Waals surface area (Å²) in [6.45, 7) is 8.06. The molecule has 1 heterocycles. The predicted octanol–water partition coefficient (Wildman–Crippen LogP) is 4.45. The standard InChI is InChI=1S/C16H18O2/c1-11(17)14-9-10-15(18-14)12-5-7-13(8-6-12)16(2,3)4/h5-10H,1-4H3. The predicted molar refractivity (Wildman–Crippen MR) is 72.8 cm³/mol. The third kappa shape index (κ3) is 2.53. The van der Waals surface area contributed by atoms with E-state index in [0.29, 0.717) is 5.76 Å². The van der Waals surface area contributed by atoms with Crippen LogP contribution in [0.4, 0.5) is 0 Å². The van der Waals surface area contributed by atoms with E-state index < -0.39 is 0 Å². The van der Waals surface area contributed by atoms with Crippen LogP contribution in [0.1, 0.15) is 43.8 Å². The van der Waals surface area contributed by atoms with Crippen LogP contribution in [0.3, 0.4) is 0 Å². The molecule has 0 bridgehead atoms. The van der Waals surface area contributed by atoms with Crippen molar-refractivity contribution in [3.63, 3.8) is 0 Å².